The summed E-state index contributed by atoms with van der Waals surface area (Å²) < 4.78 is 0. The van der Waals surface area contributed by atoms with Gasteiger partial charge in [-0.2, -0.15) is 0 Å². The van der Waals surface area contributed by atoms with Crippen LogP contribution in [0.2, 0.25) is 0 Å². The van der Waals surface area contributed by atoms with Gasteiger partial charge in [0.1, 0.15) is 0 Å². The van der Waals surface area contributed by atoms with E-state index in [1.54, 1.807) is 0 Å². The zero-order chi connectivity index (χ0) is 13.2. The molecular formula is C15H25NOS. The Balaban J connectivity index is 2.23. The number of carbonyl (C=O) groups is 1. The first-order chi connectivity index (χ1) is 8.79. The van der Waals surface area contributed by atoms with Crippen molar-refractivity contribution < 1.29 is 4.79 Å². The number of unbranched alkanes of at least 4 members (excludes halogenated alkanes) is 5. The first-order valence-electron chi connectivity index (χ1n) is 7.12. The van der Waals surface area contributed by atoms with Crippen molar-refractivity contribution in [3.63, 3.8) is 0 Å². The Kier molecular flexibility index (Phi) is 7.74. The minimum Gasteiger partial charge on any atom is -0.338 e. The largest absolute Gasteiger partial charge is 0.338 e. The van der Waals surface area contributed by atoms with Crippen molar-refractivity contribution in [2.75, 3.05) is 13.1 Å². The number of hydrogen-bond donors (Lipinski definition) is 0. The van der Waals surface area contributed by atoms with Gasteiger partial charge in [-0.25, -0.2) is 0 Å². The van der Waals surface area contributed by atoms with Gasteiger partial charge in [-0.1, -0.05) is 45.1 Å². The standard InChI is InChI=1S/C15H25NOS/c1-3-5-6-7-8-9-12-16(4-2)15(17)14-11-10-13-18-14/h10-11,13H,3-9,12H2,1-2H3. The normalized spacial score (nSPS) is 10.6. The summed E-state index contributed by atoms with van der Waals surface area (Å²) in [6, 6.07) is 3.85. The van der Waals surface area contributed by atoms with Crippen LogP contribution in [0.1, 0.15) is 62.0 Å². The fourth-order valence-electron chi connectivity index (χ4n) is 2.04. The highest BCUT2D eigenvalue weighted by atomic mass is 32.1. The fraction of sp³-hybridized carbons (Fsp3) is 0.667. The predicted molar refractivity (Wildman–Crippen MR) is 79.3 cm³/mol. The van der Waals surface area contributed by atoms with Crippen molar-refractivity contribution in [2.24, 2.45) is 0 Å². The lowest BCUT2D eigenvalue weighted by Gasteiger charge is -2.20. The van der Waals surface area contributed by atoms with Crippen LogP contribution in [0.3, 0.4) is 0 Å². The molecule has 0 aliphatic heterocycles. The van der Waals surface area contributed by atoms with Gasteiger partial charge in [0.05, 0.1) is 4.88 Å². The molecule has 1 aromatic heterocycles. The molecule has 2 nitrogen and oxygen atoms in total. The topological polar surface area (TPSA) is 20.3 Å². The smallest absolute Gasteiger partial charge is 0.263 e. The van der Waals surface area contributed by atoms with Gasteiger partial charge >= 0.3 is 0 Å². The van der Waals surface area contributed by atoms with Crippen LogP contribution in [-0.2, 0) is 0 Å². The summed E-state index contributed by atoms with van der Waals surface area (Å²) in [7, 11) is 0. The summed E-state index contributed by atoms with van der Waals surface area (Å²) in [5, 5.41) is 1.96. The lowest BCUT2D eigenvalue weighted by Crippen LogP contribution is -2.31. The second-order valence-electron chi connectivity index (χ2n) is 4.63. The zero-order valence-electron chi connectivity index (χ0n) is 11.7. The Labute approximate surface area is 115 Å². The molecule has 0 saturated heterocycles. The first kappa shape index (κ1) is 15.2. The Morgan fingerprint density at radius 3 is 2.50 bits per heavy atom. The molecule has 1 rings (SSSR count). The van der Waals surface area contributed by atoms with Gasteiger partial charge < -0.3 is 4.90 Å². The molecule has 1 aromatic rings. The van der Waals surface area contributed by atoms with Crippen molar-refractivity contribution in [1.82, 2.24) is 4.90 Å². The summed E-state index contributed by atoms with van der Waals surface area (Å²) >= 11 is 1.53. The highest BCUT2D eigenvalue weighted by Crippen LogP contribution is 2.13. The van der Waals surface area contributed by atoms with Crippen LogP contribution in [0.25, 0.3) is 0 Å². The SMILES string of the molecule is CCCCCCCCN(CC)C(=O)c1cccs1. The third kappa shape index (κ3) is 5.21. The Morgan fingerprint density at radius 2 is 1.89 bits per heavy atom. The van der Waals surface area contributed by atoms with Crippen LogP contribution >= 0.6 is 11.3 Å². The average Bonchev–Trinajstić information content (AvgIpc) is 2.91. The summed E-state index contributed by atoms with van der Waals surface area (Å²) in [5.41, 5.74) is 0. The monoisotopic (exact) mass is 267 g/mol. The Morgan fingerprint density at radius 1 is 1.17 bits per heavy atom. The lowest BCUT2D eigenvalue weighted by molar-refractivity contribution is 0.0766. The predicted octanol–water partition coefficient (Wildman–Crippen LogP) is 4.57. The van der Waals surface area contributed by atoms with E-state index in [9.17, 15) is 4.79 Å². The molecule has 0 aliphatic rings. The van der Waals surface area contributed by atoms with Gasteiger partial charge in [0.25, 0.3) is 5.91 Å². The van der Waals surface area contributed by atoms with Crippen LogP contribution in [-0.4, -0.2) is 23.9 Å². The van der Waals surface area contributed by atoms with Crippen LogP contribution in [0.5, 0.6) is 0 Å². The molecular weight excluding hydrogens is 242 g/mol. The van der Waals surface area contributed by atoms with Gasteiger partial charge in [-0.3, -0.25) is 4.79 Å². The minimum absolute atomic E-state index is 0.195. The maximum atomic E-state index is 12.1. The summed E-state index contributed by atoms with van der Waals surface area (Å²) in [6.07, 6.45) is 7.65. The third-order valence-electron chi connectivity index (χ3n) is 3.18. The van der Waals surface area contributed by atoms with Gasteiger partial charge in [0, 0.05) is 13.1 Å². The maximum Gasteiger partial charge on any atom is 0.263 e. The Bertz CT molecular complexity index is 321. The molecule has 1 amide bonds. The lowest BCUT2D eigenvalue weighted by atomic mass is 10.1. The second-order valence-corrected chi connectivity index (χ2v) is 5.58. The maximum absolute atomic E-state index is 12.1. The molecule has 102 valence electrons. The van der Waals surface area contributed by atoms with E-state index in [2.05, 4.69) is 13.8 Å². The van der Waals surface area contributed by atoms with E-state index >= 15 is 0 Å². The second kappa shape index (κ2) is 9.15. The van der Waals surface area contributed by atoms with Crippen molar-refractivity contribution in [1.29, 1.82) is 0 Å². The van der Waals surface area contributed by atoms with Crippen LogP contribution in [0.15, 0.2) is 17.5 Å². The molecule has 0 saturated carbocycles. The molecule has 0 aromatic carbocycles. The van der Waals surface area contributed by atoms with E-state index in [0.29, 0.717) is 0 Å². The highest BCUT2D eigenvalue weighted by molar-refractivity contribution is 7.12. The fourth-order valence-corrected chi connectivity index (χ4v) is 2.73. The van der Waals surface area contributed by atoms with Gasteiger partial charge in [-0.05, 0) is 24.8 Å². The molecule has 3 heteroatoms. The van der Waals surface area contributed by atoms with E-state index < -0.39 is 0 Å². The molecule has 1 heterocycles. The number of nitrogens with zero attached hydrogens (tertiary/aromatic N) is 1. The summed E-state index contributed by atoms with van der Waals surface area (Å²) in [4.78, 5) is 15.0. The molecule has 18 heavy (non-hydrogen) atoms. The number of amides is 1. The van der Waals surface area contributed by atoms with Crippen molar-refractivity contribution in [3.8, 4) is 0 Å². The van der Waals surface area contributed by atoms with Crippen molar-refractivity contribution in [3.05, 3.63) is 22.4 Å². The number of thiophene rings is 1. The number of rotatable bonds is 9. The van der Waals surface area contributed by atoms with E-state index in [1.807, 2.05) is 22.4 Å². The van der Waals surface area contributed by atoms with E-state index in [0.717, 1.165) is 24.4 Å². The van der Waals surface area contributed by atoms with Crippen LogP contribution in [0.4, 0.5) is 0 Å². The van der Waals surface area contributed by atoms with Crippen LogP contribution < -0.4 is 0 Å². The summed E-state index contributed by atoms with van der Waals surface area (Å²) in [5.74, 6) is 0.195. The third-order valence-corrected chi connectivity index (χ3v) is 4.04. The first-order valence-corrected chi connectivity index (χ1v) is 8.00. The number of carbonyl (C=O) groups excluding carboxylic acids is 1. The minimum atomic E-state index is 0.195. The van der Waals surface area contributed by atoms with Gasteiger partial charge in [-0.15, -0.1) is 11.3 Å². The average molecular weight is 267 g/mol. The zero-order valence-corrected chi connectivity index (χ0v) is 12.5. The molecule has 0 unspecified atom stereocenters. The Hall–Kier alpha value is -0.830. The molecule has 0 fully saturated rings. The molecule has 0 spiro atoms. The van der Waals surface area contributed by atoms with Crippen molar-refractivity contribution in [2.45, 2.75) is 52.4 Å². The number of hydrogen-bond acceptors (Lipinski definition) is 2. The highest BCUT2D eigenvalue weighted by Gasteiger charge is 2.13. The van der Waals surface area contributed by atoms with Gasteiger partial charge in [0.15, 0.2) is 0 Å². The van der Waals surface area contributed by atoms with Crippen LogP contribution in [0, 0.1) is 0 Å². The van der Waals surface area contributed by atoms with E-state index in [-0.39, 0.29) is 5.91 Å². The molecule has 0 aliphatic carbocycles. The molecule has 0 bridgehead atoms. The van der Waals surface area contributed by atoms with E-state index in [4.69, 9.17) is 0 Å². The molecule has 0 radical (unpaired) electrons. The van der Waals surface area contributed by atoms with Gasteiger partial charge in [0.2, 0.25) is 0 Å². The molecule has 0 atom stereocenters. The molecule has 0 N–H and O–H groups in total. The quantitative estimate of drug-likeness (QED) is 0.600. The summed E-state index contributed by atoms with van der Waals surface area (Å²) in [6.45, 7) is 6.01. The van der Waals surface area contributed by atoms with Crippen molar-refractivity contribution >= 4 is 17.2 Å². The van der Waals surface area contributed by atoms with E-state index in [1.165, 1.54) is 43.4 Å².